The summed E-state index contributed by atoms with van der Waals surface area (Å²) in [6.07, 6.45) is 2.89. The van der Waals surface area contributed by atoms with Crippen LogP contribution >= 0.6 is 11.3 Å². The molecule has 2 amide bonds. The van der Waals surface area contributed by atoms with Gasteiger partial charge in [-0.3, -0.25) is 9.59 Å². The molecule has 2 aromatic carbocycles. The van der Waals surface area contributed by atoms with Crippen LogP contribution in [0.15, 0.2) is 60.0 Å². The number of carbonyl (C=O) groups excluding carboxylic acids is 2. The highest BCUT2D eigenvalue weighted by Crippen LogP contribution is 2.35. The molecule has 7 heteroatoms. The average molecular weight is 521 g/mol. The number of halogens is 1. The molecule has 0 radical (unpaired) electrons. The van der Waals surface area contributed by atoms with Crippen molar-refractivity contribution >= 4 is 23.2 Å². The SMILES string of the molecule is CC(C)c1ccc(OC[C@H]2c3ccsc3CCN2C(=O)CN(CC2CC2)C(=O)c2cccc(F)c2)cc1. The van der Waals surface area contributed by atoms with Crippen molar-refractivity contribution in [3.05, 3.63) is 87.4 Å². The van der Waals surface area contributed by atoms with Gasteiger partial charge in [0.25, 0.3) is 5.91 Å². The summed E-state index contributed by atoms with van der Waals surface area (Å²) in [4.78, 5) is 31.7. The smallest absolute Gasteiger partial charge is 0.254 e. The van der Waals surface area contributed by atoms with Crippen LogP contribution in [0, 0.1) is 11.7 Å². The fraction of sp³-hybridized carbons (Fsp3) is 0.400. The summed E-state index contributed by atoms with van der Waals surface area (Å²) in [7, 11) is 0. The topological polar surface area (TPSA) is 49.9 Å². The first kappa shape index (κ1) is 25.5. The van der Waals surface area contributed by atoms with Crippen molar-refractivity contribution in [2.24, 2.45) is 5.92 Å². The summed E-state index contributed by atoms with van der Waals surface area (Å²) in [5, 5.41) is 2.07. The van der Waals surface area contributed by atoms with Gasteiger partial charge < -0.3 is 14.5 Å². The Morgan fingerprint density at radius 3 is 2.62 bits per heavy atom. The van der Waals surface area contributed by atoms with Gasteiger partial charge in [0, 0.05) is 23.5 Å². The summed E-state index contributed by atoms with van der Waals surface area (Å²) >= 11 is 1.71. The van der Waals surface area contributed by atoms with E-state index < -0.39 is 5.82 Å². The molecule has 1 saturated carbocycles. The van der Waals surface area contributed by atoms with E-state index in [1.165, 1.54) is 28.6 Å². The number of thiophene rings is 1. The molecule has 2 heterocycles. The van der Waals surface area contributed by atoms with Crippen molar-refractivity contribution in [2.45, 2.75) is 45.1 Å². The van der Waals surface area contributed by atoms with Crippen LogP contribution in [0.1, 0.15) is 65.0 Å². The number of carbonyl (C=O) groups is 2. The van der Waals surface area contributed by atoms with E-state index in [9.17, 15) is 14.0 Å². The van der Waals surface area contributed by atoms with Gasteiger partial charge in [0.15, 0.2) is 0 Å². The largest absolute Gasteiger partial charge is 0.491 e. The number of hydrogen-bond donors (Lipinski definition) is 0. The van der Waals surface area contributed by atoms with Crippen LogP contribution in [0.4, 0.5) is 4.39 Å². The van der Waals surface area contributed by atoms with Crippen molar-refractivity contribution in [1.29, 1.82) is 0 Å². The number of amides is 2. The molecule has 0 N–H and O–H groups in total. The summed E-state index contributed by atoms with van der Waals surface area (Å²) < 4.78 is 20.0. The van der Waals surface area contributed by atoms with E-state index in [1.807, 2.05) is 17.0 Å². The van der Waals surface area contributed by atoms with Crippen LogP contribution in [-0.2, 0) is 11.2 Å². The minimum Gasteiger partial charge on any atom is -0.491 e. The molecule has 3 aromatic rings. The van der Waals surface area contributed by atoms with Crippen molar-refractivity contribution in [2.75, 3.05) is 26.2 Å². The monoisotopic (exact) mass is 520 g/mol. The van der Waals surface area contributed by atoms with Gasteiger partial charge in [-0.15, -0.1) is 11.3 Å². The Balaban J connectivity index is 1.32. The summed E-state index contributed by atoms with van der Waals surface area (Å²) in [5.74, 6) is 0.765. The Labute approximate surface area is 221 Å². The predicted molar refractivity (Wildman–Crippen MR) is 144 cm³/mol. The summed E-state index contributed by atoms with van der Waals surface area (Å²) in [6, 6.07) is 15.7. The predicted octanol–water partition coefficient (Wildman–Crippen LogP) is 6.07. The molecule has 1 aromatic heterocycles. The lowest BCUT2D eigenvalue weighted by Gasteiger charge is -2.37. The molecule has 5 rings (SSSR count). The number of hydrogen-bond acceptors (Lipinski definition) is 4. The van der Waals surface area contributed by atoms with Crippen LogP contribution in [0.25, 0.3) is 0 Å². The van der Waals surface area contributed by atoms with Crippen molar-refractivity contribution in [3.8, 4) is 5.75 Å². The van der Waals surface area contributed by atoms with E-state index in [1.54, 1.807) is 22.3 Å². The standard InChI is InChI=1S/C30H33FN2O3S/c1-20(2)22-8-10-25(11-9-22)36-19-27-26-13-15-37-28(26)12-14-33(27)29(34)18-32(17-21-6-7-21)30(35)23-4-3-5-24(31)16-23/h3-5,8-11,13,15-16,20-21,27H,6-7,12,14,17-19H2,1-2H3/t27-/m0/s1. The molecule has 0 saturated heterocycles. The molecule has 5 nitrogen and oxygen atoms in total. The van der Waals surface area contributed by atoms with E-state index in [0.29, 0.717) is 31.5 Å². The Morgan fingerprint density at radius 1 is 1.14 bits per heavy atom. The van der Waals surface area contributed by atoms with E-state index in [-0.39, 0.29) is 30.0 Å². The first-order chi connectivity index (χ1) is 17.9. The van der Waals surface area contributed by atoms with Gasteiger partial charge in [-0.05, 0) is 84.0 Å². The molecule has 1 aliphatic carbocycles. The Kier molecular flexibility index (Phi) is 7.60. The van der Waals surface area contributed by atoms with Crippen LogP contribution < -0.4 is 4.74 Å². The lowest BCUT2D eigenvalue weighted by Crippen LogP contribution is -2.48. The van der Waals surface area contributed by atoms with Gasteiger partial charge in [0.1, 0.15) is 24.7 Å². The zero-order valence-electron chi connectivity index (χ0n) is 21.4. The molecule has 0 unspecified atom stereocenters. The molecule has 37 heavy (non-hydrogen) atoms. The third-order valence-corrected chi connectivity index (χ3v) is 8.23. The van der Waals surface area contributed by atoms with Gasteiger partial charge in [0.05, 0.1) is 6.04 Å². The van der Waals surface area contributed by atoms with Gasteiger partial charge in [-0.1, -0.05) is 32.0 Å². The van der Waals surface area contributed by atoms with Crippen molar-refractivity contribution in [3.63, 3.8) is 0 Å². The van der Waals surface area contributed by atoms with Crippen LogP contribution in [0.5, 0.6) is 5.75 Å². The second-order valence-corrected chi connectivity index (χ2v) is 11.3. The maximum Gasteiger partial charge on any atom is 0.254 e. The third kappa shape index (κ3) is 6.04. The lowest BCUT2D eigenvalue weighted by molar-refractivity contribution is -0.135. The maximum absolute atomic E-state index is 13.8. The second kappa shape index (κ2) is 11.1. The van der Waals surface area contributed by atoms with Crippen LogP contribution in [0.3, 0.4) is 0 Å². The molecule has 194 valence electrons. The third-order valence-electron chi connectivity index (χ3n) is 7.23. The zero-order valence-corrected chi connectivity index (χ0v) is 22.2. The second-order valence-electron chi connectivity index (χ2n) is 10.3. The number of fused-ring (bicyclic) bond motifs is 1. The molecule has 0 spiro atoms. The minimum absolute atomic E-state index is 0.0229. The first-order valence-electron chi connectivity index (χ1n) is 13.0. The van der Waals surface area contributed by atoms with E-state index in [4.69, 9.17) is 4.74 Å². The lowest BCUT2D eigenvalue weighted by atomic mass is 10.00. The van der Waals surface area contributed by atoms with E-state index in [0.717, 1.165) is 30.6 Å². The van der Waals surface area contributed by atoms with Gasteiger partial charge in [0.2, 0.25) is 5.91 Å². The fourth-order valence-electron chi connectivity index (χ4n) is 4.89. The molecular formula is C30H33FN2O3S. The van der Waals surface area contributed by atoms with Gasteiger partial charge in [-0.25, -0.2) is 4.39 Å². The average Bonchev–Trinajstić information content (AvgIpc) is 3.58. The summed E-state index contributed by atoms with van der Waals surface area (Å²) in [6.45, 7) is 5.73. The molecule has 0 bridgehead atoms. The minimum atomic E-state index is -0.455. The van der Waals surface area contributed by atoms with Gasteiger partial charge in [-0.2, -0.15) is 0 Å². The van der Waals surface area contributed by atoms with Crippen molar-refractivity contribution in [1.82, 2.24) is 9.80 Å². The Hall–Kier alpha value is -3.19. The zero-order chi connectivity index (χ0) is 25.9. The Bertz CT molecular complexity index is 1250. The van der Waals surface area contributed by atoms with Crippen molar-refractivity contribution < 1.29 is 18.7 Å². The van der Waals surface area contributed by atoms with Gasteiger partial charge >= 0.3 is 0 Å². The molecule has 1 fully saturated rings. The normalized spacial score (nSPS) is 17.0. The van der Waals surface area contributed by atoms with Crippen LogP contribution in [0.2, 0.25) is 0 Å². The highest BCUT2D eigenvalue weighted by molar-refractivity contribution is 7.10. The number of rotatable bonds is 9. The molecule has 2 aliphatic rings. The quantitative estimate of drug-likeness (QED) is 0.344. The number of nitrogens with zero attached hydrogens (tertiary/aromatic N) is 2. The fourth-order valence-corrected chi connectivity index (χ4v) is 5.82. The highest BCUT2D eigenvalue weighted by atomic mass is 32.1. The Morgan fingerprint density at radius 2 is 1.92 bits per heavy atom. The molecule has 1 atom stereocenters. The number of ether oxygens (including phenoxy) is 1. The van der Waals surface area contributed by atoms with Crippen LogP contribution in [-0.4, -0.2) is 47.9 Å². The number of benzene rings is 2. The first-order valence-corrected chi connectivity index (χ1v) is 13.9. The molecular weight excluding hydrogens is 487 g/mol. The maximum atomic E-state index is 13.8. The highest BCUT2D eigenvalue weighted by Gasteiger charge is 2.35. The molecule has 1 aliphatic heterocycles. The van der Waals surface area contributed by atoms with E-state index in [2.05, 4.69) is 37.4 Å². The van der Waals surface area contributed by atoms with E-state index >= 15 is 0 Å². The summed E-state index contributed by atoms with van der Waals surface area (Å²) in [5.41, 5.74) is 2.64.